The maximum atomic E-state index is 12.4. The van der Waals surface area contributed by atoms with Gasteiger partial charge < -0.3 is 19.7 Å². The van der Waals surface area contributed by atoms with E-state index in [2.05, 4.69) is 5.32 Å². The summed E-state index contributed by atoms with van der Waals surface area (Å²) in [6, 6.07) is 7.27. The van der Waals surface area contributed by atoms with E-state index < -0.39 is 0 Å². The van der Waals surface area contributed by atoms with Gasteiger partial charge in [0.2, 0.25) is 0 Å². The molecule has 3 rings (SSSR count). The van der Waals surface area contributed by atoms with Crippen molar-refractivity contribution >= 4 is 11.8 Å². The SMILES string of the molecule is COc1ccccc1C(=O)NC1CCN(C(=O)C2CCCO2)CC1. The Bertz CT molecular complexity index is 590. The number of carbonyl (C=O) groups excluding carboxylic acids is 2. The van der Waals surface area contributed by atoms with Crippen molar-refractivity contribution in [3.05, 3.63) is 29.8 Å². The molecule has 2 fully saturated rings. The smallest absolute Gasteiger partial charge is 0.255 e. The van der Waals surface area contributed by atoms with E-state index in [0.717, 1.165) is 25.7 Å². The van der Waals surface area contributed by atoms with Crippen LogP contribution in [0, 0.1) is 0 Å². The van der Waals surface area contributed by atoms with Crippen molar-refractivity contribution in [1.82, 2.24) is 10.2 Å². The van der Waals surface area contributed by atoms with Crippen molar-refractivity contribution in [1.29, 1.82) is 0 Å². The average Bonchev–Trinajstić information content (AvgIpc) is 3.16. The molecule has 1 N–H and O–H groups in total. The lowest BCUT2D eigenvalue weighted by Crippen LogP contribution is -2.49. The summed E-state index contributed by atoms with van der Waals surface area (Å²) in [5, 5.41) is 3.05. The number of benzene rings is 1. The van der Waals surface area contributed by atoms with E-state index in [-0.39, 0.29) is 24.0 Å². The Balaban J connectivity index is 1.51. The molecular formula is C18H24N2O4. The van der Waals surface area contributed by atoms with Gasteiger partial charge in [-0.05, 0) is 37.8 Å². The molecule has 2 aliphatic rings. The van der Waals surface area contributed by atoms with Gasteiger partial charge in [-0.15, -0.1) is 0 Å². The quantitative estimate of drug-likeness (QED) is 0.909. The summed E-state index contributed by atoms with van der Waals surface area (Å²) in [4.78, 5) is 26.6. The fourth-order valence-corrected chi connectivity index (χ4v) is 3.32. The summed E-state index contributed by atoms with van der Waals surface area (Å²) in [7, 11) is 1.56. The molecule has 1 atom stereocenters. The maximum Gasteiger partial charge on any atom is 0.255 e. The molecule has 0 bridgehead atoms. The van der Waals surface area contributed by atoms with E-state index in [9.17, 15) is 9.59 Å². The standard InChI is InChI=1S/C18H24N2O4/c1-23-15-6-3-2-5-14(15)17(21)19-13-8-10-20(11-9-13)18(22)16-7-4-12-24-16/h2-3,5-6,13,16H,4,7-12H2,1H3,(H,19,21). The topological polar surface area (TPSA) is 67.9 Å². The monoisotopic (exact) mass is 332 g/mol. The van der Waals surface area contributed by atoms with Gasteiger partial charge >= 0.3 is 0 Å². The van der Waals surface area contributed by atoms with Crippen LogP contribution < -0.4 is 10.1 Å². The number of hydrogen-bond acceptors (Lipinski definition) is 4. The highest BCUT2D eigenvalue weighted by atomic mass is 16.5. The van der Waals surface area contributed by atoms with Crippen LogP contribution in [0.1, 0.15) is 36.0 Å². The Morgan fingerprint density at radius 3 is 2.62 bits per heavy atom. The van der Waals surface area contributed by atoms with Crippen molar-refractivity contribution < 1.29 is 19.1 Å². The third kappa shape index (κ3) is 3.70. The molecule has 1 aromatic rings. The molecule has 0 aromatic heterocycles. The Labute approximate surface area is 142 Å². The highest BCUT2D eigenvalue weighted by molar-refractivity contribution is 5.97. The number of methoxy groups -OCH3 is 1. The van der Waals surface area contributed by atoms with Crippen LogP contribution in [0.25, 0.3) is 0 Å². The van der Waals surface area contributed by atoms with Crippen molar-refractivity contribution in [2.24, 2.45) is 0 Å². The van der Waals surface area contributed by atoms with Gasteiger partial charge in [0, 0.05) is 25.7 Å². The Hall–Kier alpha value is -2.08. The van der Waals surface area contributed by atoms with Gasteiger partial charge in [-0.2, -0.15) is 0 Å². The normalized spacial score (nSPS) is 21.5. The predicted octanol–water partition coefficient (Wildman–Crippen LogP) is 1.59. The van der Waals surface area contributed by atoms with Gasteiger partial charge in [0.25, 0.3) is 11.8 Å². The van der Waals surface area contributed by atoms with Gasteiger partial charge in [0.15, 0.2) is 0 Å². The van der Waals surface area contributed by atoms with Crippen LogP contribution in [0.3, 0.4) is 0 Å². The van der Waals surface area contributed by atoms with Gasteiger partial charge in [0.05, 0.1) is 12.7 Å². The number of para-hydroxylation sites is 1. The van der Waals surface area contributed by atoms with E-state index in [1.54, 1.807) is 19.2 Å². The number of amides is 2. The molecule has 6 heteroatoms. The summed E-state index contributed by atoms with van der Waals surface area (Å²) in [6.07, 6.45) is 3.05. The van der Waals surface area contributed by atoms with Gasteiger partial charge in [-0.25, -0.2) is 0 Å². The minimum Gasteiger partial charge on any atom is -0.496 e. The van der Waals surface area contributed by atoms with Crippen molar-refractivity contribution in [2.45, 2.75) is 37.8 Å². The summed E-state index contributed by atoms with van der Waals surface area (Å²) in [5.41, 5.74) is 0.540. The molecule has 2 saturated heterocycles. The van der Waals surface area contributed by atoms with Gasteiger partial charge in [0.1, 0.15) is 11.9 Å². The van der Waals surface area contributed by atoms with E-state index >= 15 is 0 Å². The minimum absolute atomic E-state index is 0.0796. The highest BCUT2D eigenvalue weighted by Gasteiger charge is 2.31. The van der Waals surface area contributed by atoms with E-state index in [1.165, 1.54) is 0 Å². The first kappa shape index (κ1) is 16.8. The number of hydrogen-bond donors (Lipinski definition) is 1. The van der Waals surface area contributed by atoms with E-state index in [0.29, 0.717) is 31.0 Å². The second-order valence-electron chi connectivity index (χ2n) is 6.27. The highest BCUT2D eigenvalue weighted by Crippen LogP contribution is 2.20. The average molecular weight is 332 g/mol. The largest absolute Gasteiger partial charge is 0.496 e. The summed E-state index contributed by atoms with van der Waals surface area (Å²) in [5.74, 6) is 0.541. The van der Waals surface area contributed by atoms with Crippen molar-refractivity contribution in [3.63, 3.8) is 0 Å². The molecule has 0 spiro atoms. The van der Waals surface area contributed by atoms with Crippen molar-refractivity contribution in [3.8, 4) is 5.75 Å². The number of rotatable bonds is 4. The number of ether oxygens (including phenoxy) is 2. The van der Waals surface area contributed by atoms with E-state index in [1.807, 2.05) is 17.0 Å². The Morgan fingerprint density at radius 2 is 1.96 bits per heavy atom. The van der Waals surface area contributed by atoms with Gasteiger partial charge in [-0.1, -0.05) is 12.1 Å². The Kier molecular flexibility index (Phi) is 5.35. The zero-order valence-electron chi connectivity index (χ0n) is 14.0. The van der Waals surface area contributed by atoms with Crippen LogP contribution in [0.5, 0.6) is 5.75 Å². The van der Waals surface area contributed by atoms with Gasteiger partial charge in [-0.3, -0.25) is 9.59 Å². The first-order chi connectivity index (χ1) is 11.7. The van der Waals surface area contributed by atoms with Crippen molar-refractivity contribution in [2.75, 3.05) is 26.8 Å². The minimum atomic E-state index is -0.260. The lowest BCUT2D eigenvalue weighted by atomic mass is 10.0. The van der Waals surface area contributed by atoms with Crippen LogP contribution in [-0.4, -0.2) is 55.7 Å². The number of nitrogens with zero attached hydrogens (tertiary/aromatic N) is 1. The van der Waals surface area contributed by atoms with E-state index in [4.69, 9.17) is 9.47 Å². The molecule has 1 aromatic carbocycles. The molecule has 0 aliphatic carbocycles. The van der Waals surface area contributed by atoms with Crippen LogP contribution in [0.2, 0.25) is 0 Å². The lowest BCUT2D eigenvalue weighted by Gasteiger charge is -2.33. The second-order valence-corrected chi connectivity index (χ2v) is 6.27. The molecule has 2 aliphatic heterocycles. The molecule has 2 amide bonds. The molecule has 6 nitrogen and oxygen atoms in total. The summed E-state index contributed by atoms with van der Waals surface area (Å²) >= 11 is 0. The number of carbonyl (C=O) groups is 2. The predicted molar refractivity (Wildman–Crippen MR) is 89.0 cm³/mol. The third-order valence-corrected chi connectivity index (χ3v) is 4.70. The van der Waals surface area contributed by atoms with Crippen LogP contribution in [-0.2, 0) is 9.53 Å². The number of piperidine rings is 1. The molecule has 130 valence electrons. The first-order valence-electron chi connectivity index (χ1n) is 8.53. The second kappa shape index (κ2) is 7.66. The molecule has 24 heavy (non-hydrogen) atoms. The van der Waals surface area contributed by atoms with Crippen LogP contribution in [0.15, 0.2) is 24.3 Å². The lowest BCUT2D eigenvalue weighted by molar-refractivity contribution is -0.142. The first-order valence-corrected chi connectivity index (χ1v) is 8.53. The third-order valence-electron chi connectivity index (χ3n) is 4.70. The summed E-state index contributed by atoms with van der Waals surface area (Å²) in [6.45, 7) is 2.01. The molecule has 0 radical (unpaired) electrons. The number of likely N-dealkylation sites (tertiary alicyclic amines) is 1. The maximum absolute atomic E-state index is 12.4. The molecule has 2 heterocycles. The fourth-order valence-electron chi connectivity index (χ4n) is 3.32. The van der Waals surface area contributed by atoms with Crippen LogP contribution >= 0.6 is 0 Å². The zero-order chi connectivity index (χ0) is 16.9. The Morgan fingerprint density at radius 1 is 1.21 bits per heavy atom. The molecule has 1 unspecified atom stereocenters. The fraction of sp³-hybridized carbons (Fsp3) is 0.556. The number of nitrogens with one attached hydrogen (secondary N) is 1. The molecule has 0 saturated carbocycles. The summed E-state index contributed by atoms with van der Waals surface area (Å²) < 4.78 is 10.7. The molecular weight excluding hydrogens is 308 g/mol. The van der Waals surface area contributed by atoms with Crippen LogP contribution in [0.4, 0.5) is 0 Å². The zero-order valence-corrected chi connectivity index (χ0v) is 14.0.